The van der Waals surface area contributed by atoms with Gasteiger partial charge >= 0.3 is 5.97 Å². The van der Waals surface area contributed by atoms with Gasteiger partial charge in [0.1, 0.15) is 5.75 Å². The second kappa shape index (κ2) is 7.01. The summed E-state index contributed by atoms with van der Waals surface area (Å²) in [6.45, 7) is 5.06. The number of ether oxygens (including phenoxy) is 2. The fourth-order valence-corrected chi connectivity index (χ4v) is 2.01. The van der Waals surface area contributed by atoms with E-state index in [0.717, 1.165) is 23.3 Å². The number of methoxy groups -OCH3 is 2. The fourth-order valence-electron chi connectivity index (χ4n) is 2.01. The summed E-state index contributed by atoms with van der Waals surface area (Å²) >= 11 is 0. The minimum atomic E-state index is -0.248. The van der Waals surface area contributed by atoms with E-state index in [1.54, 1.807) is 7.11 Å². The van der Waals surface area contributed by atoms with Crippen LogP contribution in [0.4, 0.5) is 0 Å². The van der Waals surface area contributed by atoms with Crippen molar-refractivity contribution in [1.82, 2.24) is 5.32 Å². The Morgan fingerprint density at radius 2 is 2.00 bits per heavy atom. The topological polar surface area (TPSA) is 47.6 Å². The van der Waals surface area contributed by atoms with Crippen molar-refractivity contribution in [2.75, 3.05) is 27.3 Å². The molecule has 4 nitrogen and oxygen atoms in total. The quantitative estimate of drug-likeness (QED) is 0.616. The molecular weight excluding hydrogens is 230 g/mol. The Bertz CT molecular complexity index is 416. The van der Waals surface area contributed by atoms with Crippen LogP contribution < -0.4 is 10.1 Å². The molecule has 1 aromatic rings. The third-order valence-electron chi connectivity index (χ3n) is 2.77. The molecule has 0 heterocycles. The van der Waals surface area contributed by atoms with E-state index in [1.165, 1.54) is 12.7 Å². The zero-order valence-corrected chi connectivity index (χ0v) is 11.5. The van der Waals surface area contributed by atoms with E-state index in [2.05, 4.69) is 29.1 Å². The van der Waals surface area contributed by atoms with Gasteiger partial charge in [0, 0.05) is 0 Å². The molecule has 0 unspecified atom stereocenters. The first kappa shape index (κ1) is 14.5. The van der Waals surface area contributed by atoms with Crippen LogP contribution in [0.25, 0.3) is 0 Å². The molecule has 0 saturated carbocycles. The lowest BCUT2D eigenvalue weighted by Gasteiger charge is -2.13. The largest absolute Gasteiger partial charge is 0.496 e. The second-order valence-corrected chi connectivity index (χ2v) is 4.28. The highest BCUT2D eigenvalue weighted by molar-refractivity contribution is 5.71. The molecule has 100 valence electrons. The van der Waals surface area contributed by atoms with E-state index in [9.17, 15) is 4.79 Å². The number of benzene rings is 1. The van der Waals surface area contributed by atoms with Crippen molar-refractivity contribution < 1.29 is 14.3 Å². The molecule has 4 heteroatoms. The van der Waals surface area contributed by atoms with Crippen LogP contribution >= 0.6 is 0 Å². The number of hydrogen-bond donors (Lipinski definition) is 1. The Labute approximate surface area is 108 Å². The van der Waals surface area contributed by atoms with E-state index in [0.29, 0.717) is 6.54 Å². The van der Waals surface area contributed by atoms with Crippen molar-refractivity contribution in [1.29, 1.82) is 0 Å². The standard InChI is InChI=1S/C14H21NO3/c1-10-7-11(2)14(18-4)12(8-10)5-6-15-9-13(16)17-3/h7-8,15H,5-6,9H2,1-4H3. The molecule has 0 amide bonds. The molecule has 0 aliphatic heterocycles. The molecule has 18 heavy (non-hydrogen) atoms. The SMILES string of the molecule is COC(=O)CNCCc1cc(C)cc(C)c1OC. The van der Waals surface area contributed by atoms with Gasteiger partial charge in [-0.3, -0.25) is 4.79 Å². The summed E-state index contributed by atoms with van der Waals surface area (Å²) in [5.41, 5.74) is 3.52. The molecule has 0 aliphatic carbocycles. The van der Waals surface area contributed by atoms with Gasteiger partial charge in [0.15, 0.2) is 0 Å². The van der Waals surface area contributed by atoms with Gasteiger partial charge in [-0.05, 0) is 37.9 Å². The first-order chi connectivity index (χ1) is 8.58. The number of carbonyl (C=O) groups is 1. The summed E-state index contributed by atoms with van der Waals surface area (Å²) in [6, 6.07) is 4.22. The van der Waals surface area contributed by atoms with Crippen LogP contribution in [0.3, 0.4) is 0 Å². The summed E-state index contributed by atoms with van der Waals surface area (Å²) in [6.07, 6.45) is 0.822. The van der Waals surface area contributed by atoms with Crippen LogP contribution in [0.5, 0.6) is 5.75 Å². The van der Waals surface area contributed by atoms with Crippen LogP contribution in [-0.2, 0) is 16.0 Å². The van der Waals surface area contributed by atoms with Crippen molar-refractivity contribution in [3.63, 3.8) is 0 Å². The number of carbonyl (C=O) groups excluding carboxylic acids is 1. The summed E-state index contributed by atoms with van der Waals surface area (Å²) < 4.78 is 9.97. The molecule has 0 aromatic heterocycles. The molecule has 0 radical (unpaired) electrons. The maximum atomic E-state index is 10.9. The van der Waals surface area contributed by atoms with Gasteiger partial charge in [-0.25, -0.2) is 0 Å². The normalized spacial score (nSPS) is 10.2. The molecule has 0 bridgehead atoms. The summed E-state index contributed by atoms with van der Waals surface area (Å²) in [7, 11) is 3.07. The van der Waals surface area contributed by atoms with E-state index in [4.69, 9.17) is 4.74 Å². The maximum absolute atomic E-state index is 10.9. The zero-order valence-electron chi connectivity index (χ0n) is 11.5. The van der Waals surface area contributed by atoms with Gasteiger partial charge in [-0.15, -0.1) is 0 Å². The Hall–Kier alpha value is -1.55. The van der Waals surface area contributed by atoms with Gasteiger partial charge in [-0.2, -0.15) is 0 Å². The number of hydrogen-bond acceptors (Lipinski definition) is 4. The van der Waals surface area contributed by atoms with Crippen molar-refractivity contribution in [2.24, 2.45) is 0 Å². The van der Waals surface area contributed by atoms with Gasteiger partial charge in [0.25, 0.3) is 0 Å². The van der Waals surface area contributed by atoms with Crippen LogP contribution in [0.2, 0.25) is 0 Å². The summed E-state index contributed by atoms with van der Waals surface area (Å²) in [4.78, 5) is 10.9. The highest BCUT2D eigenvalue weighted by atomic mass is 16.5. The molecule has 0 spiro atoms. The fraction of sp³-hybridized carbons (Fsp3) is 0.500. The molecule has 0 fully saturated rings. The highest BCUT2D eigenvalue weighted by Gasteiger charge is 2.07. The van der Waals surface area contributed by atoms with E-state index >= 15 is 0 Å². The van der Waals surface area contributed by atoms with Crippen molar-refractivity contribution in [3.8, 4) is 5.75 Å². The van der Waals surface area contributed by atoms with Crippen LogP contribution in [-0.4, -0.2) is 33.3 Å². The Morgan fingerprint density at radius 1 is 1.28 bits per heavy atom. The zero-order chi connectivity index (χ0) is 13.5. The van der Waals surface area contributed by atoms with E-state index in [1.807, 2.05) is 6.92 Å². The molecular formula is C14H21NO3. The Kier molecular flexibility index (Phi) is 5.65. The molecule has 1 N–H and O–H groups in total. The first-order valence-corrected chi connectivity index (χ1v) is 6.00. The third-order valence-corrected chi connectivity index (χ3v) is 2.77. The Balaban J connectivity index is 2.58. The predicted molar refractivity (Wildman–Crippen MR) is 71.1 cm³/mol. The molecule has 0 aliphatic rings. The van der Waals surface area contributed by atoms with Gasteiger partial charge in [-0.1, -0.05) is 17.7 Å². The predicted octanol–water partition coefficient (Wildman–Crippen LogP) is 1.62. The molecule has 1 rings (SSSR count). The van der Waals surface area contributed by atoms with Crippen molar-refractivity contribution in [3.05, 3.63) is 28.8 Å². The van der Waals surface area contributed by atoms with Crippen molar-refractivity contribution in [2.45, 2.75) is 20.3 Å². The number of aryl methyl sites for hydroxylation is 2. The molecule has 0 atom stereocenters. The Morgan fingerprint density at radius 3 is 2.61 bits per heavy atom. The van der Waals surface area contributed by atoms with E-state index < -0.39 is 0 Å². The van der Waals surface area contributed by atoms with E-state index in [-0.39, 0.29) is 12.5 Å². The lowest BCUT2D eigenvalue weighted by Crippen LogP contribution is -2.26. The summed E-state index contributed by atoms with van der Waals surface area (Å²) in [5, 5.41) is 3.04. The third kappa shape index (κ3) is 4.04. The van der Waals surface area contributed by atoms with Gasteiger partial charge in [0.05, 0.1) is 20.8 Å². The summed E-state index contributed by atoms with van der Waals surface area (Å²) in [5.74, 6) is 0.683. The second-order valence-electron chi connectivity index (χ2n) is 4.28. The molecule has 0 saturated heterocycles. The lowest BCUT2D eigenvalue weighted by atomic mass is 10.0. The maximum Gasteiger partial charge on any atom is 0.319 e. The van der Waals surface area contributed by atoms with Gasteiger partial charge < -0.3 is 14.8 Å². The number of esters is 1. The van der Waals surface area contributed by atoms with Crippen molar-refractivity contribution >= 4 is 5.97 Å². The number of rotatable bonds is 6. The molecule has 1 aromatic carbocycles. The average molecular weight is 251 g/mol. The minimum absolute atomic E-state index is 0.240. The van der Waals surface area contributed by atoms with Crippen LogP contribution in [0.1, 0.15) is 16.7 Å². The smallest absolute Gasteiger partial charge is 0.319 e. The minimum Gasteiger partial charge on any atom is -0.496 e. The van der Waals surface area contributed by atoms with Crippen LogP contribution in [0, 0.1) is 13.8 Å². The first-order valence-electron chi connectivity index (χ1n) is 6.00. The lowest BCUT2D eigenvalue weighted by molar-refractivity contribution is -0.139. The number of nitrogens with one attached hydrogen (secondary N) is 1. The average Bonchev–Trinajstić information content (AvgIpc) is 2.33. The van der Waals surface area contributed by atoms with Crippen LogP contribution in [0.15, 0.2) is 12.1 Å². The van der Waals surface area contributed by atoms with Gasteiger partial charge in [0.2, 0.25) is 0 Å². The highest BCUT2D eigenvalue weighted by Crippen LogP contribution is 2.25. The monoisotopic (exact) mass is 251 g/mol.